The van der Waals surface area contributed by atoms with E-state index in [1.54, 1.807) is 16.7 Å². The van der Waals surface area contributed by atoms with E-state index >= 15 is 0 Å². The van der Waals surface area contributed by atoms with E-state index in [2.05, 4.69) is 15.3 Å². The van der Waals surface area contributed by atoms with Crippen molar-refractivity contribution in [2.24, 2.45) is 0 Å². The zero-order valence-electron chi connectivity index (χ0n) is 18.7. The van der Waals surface area contributed by atoms with Gasteiger partial charge in [-0.25, -0.2) is 27.5 Å². The molecule has 2 heterocycles. The summed E-state index contributed by atoms with van der Waals surface area (Å²) >= 11 is 2.45. The van der Waals surface area contributed by atoms with Crippen LogP contribution in [0.3, 0.4) is 0 Å². The van der Waals surface area contributed by atoms with Crippen LogP contribution in [-0.4, -0.2) is 20.4 Å². The molecule has 4 aromatic rings. The van der Waals surface area contributed by atoms with Crippen molar-refractivity contribution in [2.45, 2.75) is 37.8 Å². The molecule has 0 aliphatic rings. The Morgan fingerprint density at radius 3 is 2.46 bits per heavy atom. The maximum absolute atomic E-state index is 14.1. The molecule has 0 atom stereocenters. The van der Waals surface area contributed by atoms with Gasteiger partial charge in [0, 0.05) is 16.2 Å². The van der Waals surface area contributed by atoms with Gasteiger partial charge < -0.3 is 9.88 Å². The van der Waals surface area contributed by atoms with Gasteiger partial charge in [0.25, 0.3) is 5.91 Å². The maximum Gasteiger partial charge on any atom is 0.269 e. The van der Waals surface area contributed by atoms with Crippen molar-refractivity contribution in [3.8, 4) is 0 Å². The van der Waals surface area contributed by atoms with E-state index in [0.29, 0.717) is 10.7 Å². The molecule has 1 amide bonds. The number of aryl methyl sites for hydroxylation is 2. The average molecular weight is 521 g/mol. The van der Waals surface area contributed by atoms with Crippen LogP contribution in [-0.2, 0) is 18.8 Å². The number of imidazole rings is 1. The Morgan fingerprint density at radius 2 is 1.77 bits per heavy atom. The van der Waals surface area contributed by atoms with E-state index in [9.17, 15) is 22.4 Å². The summed E-state index contributed by atoms with van der Waals surface area (Å²) in [7, 11) is 0. The molecule has 5 nitrogen and oxygen atoms in total. The van der Waals surface area contributed by atoms with Gasteiger partial charge in [-0.2, -0.15) is 0 Å². The topological polar surface area (TPSA) is 59.8 Å². The van der Waals surface area contributed by atoms with Crippen molar-refractivity contribution in [2.75, 3.05) is 0 Å². The highest BCUT2D eigenvalue weighted by Gasteiger charge is 2.20. The van der Waals surface area contributed by atoms with Crippen molar-refractivity contribution in [1.29, 1.82) is 0 Å². The largest absolute Gasteiger partial charge is 0.346 e. The standard InChI is InChI=1S/C24H20F4N4OS2/c1-13-21(35-14(2)31-13)10-29-23(33)20-9-30-24(32(20)11-15-3-5-16(25)6-4-15)34-12-17-18(26)7-8-19(27)22(17)28/h3-9H,10-12H2,1-2H3,(H,29,33). The molecule has 0 saturated carbocycles. The third-order valence-corrected chi connectivity index (χ3v) is 7.29. The minimum Gasteiger partial charge on any atom is -0.346 e. The number of thioether (sulfide) groups is 1. The van der Waals surface area contributed by atoms with Crippen molar-refractivity contribution in [1.82, 2.24) is 19.9 Å². The van der Waals surface area contributed by atoms with Crippen molar-refractivity contribution >= 4 is 29.0 Å². The van der Waals surface area contributed by atoms with Crippen LogP contribution in [0, 0.1) is 37.1 Å². The highest BCUT2D eigenvalue weighted by molar-refractivity contribution is 7.98. The smallest absolute Gasteiger partial charge is 0.269 e. The lowest BCUT2D eigenvalue weighted by Gasteiger charge is -2.13. The highest BCUT2D eigenvalue weighted by Crippen LogP contribution is 2.28. The fraction of sp³-hybridized carbons (Fsp3) is 0.208. The first-order chi connectivity index (χ1) is 16.7. The summed E-state index contributed by atoms with van der Waals surface area (Å²) in [5, 5.41) is 4.04. The van der Waals surface area contributed by atoms with Gasteiger partial charge in [0.1, 0.15) is 17.3 Å². The zero-order chi connectivity index (χ0) is 25.1. The molecule has 182 valence electrons. The second kappa shape index (κ2) is 10.6. The SMILES string of the molecule is Cc1nc(C)c(CNC(=O)c2cnc(SCc3c(F)ccc(F)c3F)n2Cc2ccc(F)cc2)s1. The Labute approximate surface area is 207 Å². The second-order valence-corrected chi connectivity index (χ2v) is 9.90. The average Bonchev–Trinajstić information content (AvgIpc) is 3.37. The normalized spacial score (nSPS) is 11.1. The van der Waals surface area contributed by atoms with Gasteiger partial charge in [0.05, 0.1) is 30.0 Å². The molecule has 0 saturated heterocycles. The first kappa shape index (κ1) is 24.9. The number of amides is 1. The number of thiazole rings is 1. The number of nitrogens with zero attached hydrogens (tertiary/aromatic N) is 3. The Bertz CT molecular complexity index is 1370. The minimum absolute atomic E-state index is 0.165. The number of nitrogens with one attached hydrogen (secondary N) is 1. The van der Waals surface area contributed by atoms with Crippen LogP contribution in [0.4, 0.5) is 17.6 Å². The molecule has 1 N–H and O–H groups in total. The molecule has 2 aromatic carbocycles. The van der Waals surface area contributed by atoms with Crippen LogP contribution in [0.15, 0.2) is 47.8 Å². The molecule has 0 radical (unpaired) electrons. The lowest BCUT2D eigenvalue weighted by Crippen LogP contribution is -2.25. The van der Waals surface area contributed by atoms with Gasteiger partial charge in [-0.05, 0) is 43.7 Å². The Hall–Kier alpha value is -3.18. The summed E-state index contributed by atoms with van der Waals surface area (Å²) in [6.07, 6.45) is 1.37. The fourth-order valence-corrected chi connectivity index (χ4v) is 5.27. The predicted molar refractivity (Wildman–Crippen MR) is 126 cm³/mol. The summed E-state index contributed by atoms with van der Waals surface area (Å²) in [6.45, 7) is 4.19. The molecule has 2 aromatic heterocycles. The monoisotopic (exact) mass is 520 g/mol. The first-order valence-electron chi connectivity index (χ1n) is 10.5. The Kier molecular flexibility index (Phi) is 7.56. The third-order valence-electron chi connectivity index (χ3n) is 5.20. The third kappa shape index (κ3) is 5.73. The predicted octanol–water partition coefficient (Wildman–Crippen LogP) is 5.78. The van der Waals surface area contributed by atoms with E-state index in [1.807, 2.05) is 13.8 Å². The summed E-state index contributed by atoms with van der Waals surface area (Å²) in [5.41, 5.74) is 1.32. The molecule has 35 heavy (non-hydrogen) atoms. The number of aromatic nitrogens is 3. The van der Waals surface area contributed by atoms with Gasteiger partial charge >= 0.3 is 0 Å². The maximum atomic E-state index is 14.1. The molecule has 0 fully saturated rings. The van der Waals surface area contributed by atoms with Crippen LogP contribution in [0.5, 0.6) is 0 Å². The minimum atomic E-state index is -1.26. The van der Waals surface area contributed by atoms with Crippen molar-refractivity contribution < 1.29 is 22.4 Å². The lowest BCUT2D eigenvalue weighted by atomic mass is 10.2. The van der Waals surface area contributed by atoms with Crippen molar-refractivity contribution in [3.63, 3.8) is 0 Å². The molecule has 0 aliphatic carbocycles. The molecule has 11 heteroatoms. The van der Waals surface area contributed by atoms with Crippen LogP contribution < -0.4 is 5.32 Å². The van der Waals surface area contributed by atoms with E-state index in [0.717, 1.165) is 39.5 Å². The quantitative estimate of drug-likeness (QED) is 0.182. The summed E-state index contributed by atoms with van der Waals surface area (Å²) < 4.78 is 56.8. The van der Waals surface area contributed by atoms with Crippen molar-refractivity contribution in [3.05, 3.63) is 98.3 Å². The lowest BCUT2D eigenvalue weighted by molar-refractivity contribution is 0.0941. The van der Waals surface area contributed by atoms with Gasteiger partial charge in [0.15, 0.2) is 16.8 Å². The number of halogens is 4. The van der Waals surface area contributed by atoms with Crippen LogP contribution in [0.25, 0.3) is 0 Å². The second-order valence-electron chi connectivity index (χ2n) is 7.67. The van der Waals surface area contributed by atoms with E-state index in [4.69, 9.17) is 0 Å². The molecule has 0 spiro atoms. The van der Waals surface area contributed by atoms with E-state index < -0.39 is 34.7 Å². The first-order valence-corrected chi connectivity index (χ1v) is 12.3. The van der Waals surface area contributed by atoms with Gasteiger partial charge in [0.2, 0.25) is 0 Å². The van der Waals surface area contributed by atoms with E-state index in [1.165, 1.54) is 29.7 Å². The van der Waals surface area contributed by atoms with Gasteiger partial charge in [-0.15, -0.1) is 11.3 Å². The zero-order valence-corrected chi connectivity index (χ0v) is 20.4. The summed E-state index contributed by atoms with van der Waals surface area (Å²) in [4.78, 5) is 22.6. The number of hydrogen-bond donors (Lipinski definition) is 1. The fourth-order valence-electron chi connectivity index (χ4n) is 3.41. The number of carbonyl (C=O) groups excluding carboxylic acids is 1. The molecular weight excluding hydrogens is 500 g/mol. The molecule has 4 rings (SSSR count). The van der Waals surface area contributed by atoms with E-state index in [-0.39, 0.29) is 24.5 Å². The van der Waals surface area contributed by atoms with Gasteiger partial charge in [-0.3, -0.25) is 4.79 Å². The van der Waals surface area contributed by atoms with Crippen LogP contribution >= 0.6 is 23.1 Å². The summed E-state index contributed by atoms with van der Waals surface area (Å²) in [5.74, 6) is -4.33. The summed E-state index contributed by atoms with van der Waals surface area (Å²) in [6, 6.07) is 7.32. The molecule has 0 aliphatic heterocycles. The number of benzene rings is 2. The number of rotatable bonds is 8. The van der Waals surface area contributed by atoms with Crippen LogP contribution in [0.1, 0.15) is 37.2 Å². The number of hydrogen-bond acceptors (Lipinski definition) is 5. The Morgan fingerprint density at radius 1 is 1.06 bits per heavy atom. The molecular formula is C24H20F4N4OS2. The highest BCUT2D eigenvalue weighted by atomic mass is 32.2. The Balaban J connectivity index is 1.60. The molecule has 0 unspecified atom stereocenters. The van der Waals surface area contributed by atoms with Crippen LogP contribution in [0.2, 0.25) is 0 Å². The van der Waals surface area contributed by atoms with Gasteiger partial charge in [-0.1, -0.05) is 23.9 Å². The molecule has 0 bridgehead atoms. The number of carbonyl (C=O) groups is 1.